The number of benzene rings is 2. The molecule has 0 bridgehead atoms. The van der Waals surface area contributed by atoms with E-state index in [-0.39, 0.29) is 18.1 Å². The fourth-order valence-corrected chi connectivity index (χ4v) is 2.50. The molecular formula is C17H17BrFN3O. The van der Waals surface area contributed by atoms with E-state index in [4.69, 9.17) is 0 Å². The summed E-state index contributed by atoms with van der Waals surface area (Å²) in [5.74, 6) is 0.483. The van der Waals surface area contributed by atoms with Crippen molar-refractivity contribution in [2.24, 2.45) is 4.99 Å². The Hall–Kier alpha value is -2.08. The highest BCUT2D eigenvalue weighted by Gasteiger charge is 2.22. The van der Waals surface area contributed by atoms with Crippen LogP contribution in [0.15, 0.2) is 51.9 Å². The standard InChI is InChI=1S/C17H17BrFN3O/c18-12-4-7-16(19)11(8-12)10-20-17(21-13-5-6-13)22-14-2-1-3-15(23)9-14/h1-4,7-9,13,23H,5-6,10H2,(H2,20,21,22). The number of nitrogens with one attached hydrogen (secondary N) is 2. The van der Waals surface area contributed by atoms with Crippen molar-refractivity contribution in [2.75, 3.05) is 5.32 Å². The second kappa shape index (κ2) is 7.00. The van der Waals surface area contributed by atoms with Crippen molar-refractivity contribution in [3.8, 4) is 5.75 Å². The van der Waals surface area contributed by atoms with Gasteiger partial charge in [-0.2, -0.15) is 0 Å². The SMILES string of the molecule is Oc1cccc(NC(=NCc2cc(Br)ccc2F)NC2CC2)c1. The molecule has 0 spiro atoms. The summed E-state index contributed by atoms with van der Waals surface area (Å²) in [5.41, 5.74) is 1.25. The van der Waals surface area contributed by atoms with Crippen molar-refractivity contribution in [1.29, 1.82) is 0 Å². The van der Waals surface area contributed by atoms with Crippen LogP contribution in [0.2, 0.25) is 0 Å². The van der Waals surface area contributed by atoms with Crippen LogP contribution in [-0.2, 0) is 6.54 Å². The number of rotatable bonds is 4. The summed E-state index contributed by atoms with van der Waals surface area (Å²) in [6, 6.07) is 12.0. The quantitative estimate of drug-likeness (QED) is 0.557. The molecule has 0 radical (unpaired) electrons. The molecule has 6 heteroatoms. The van der Waals surface area contributed by atoms with Crippen molar-refractivity contribution in [3.63, 3.8) is 0 Å². The van der Waals surface area contributed by atoms with Gasteiger partial charge in [0.25, 0.3) is 0 Å². The molecule has 4 nitrogen and oxygen atoms in total. The molecule has 0 saturated heterocycles. The van der Waals surface area contributed by atoms with Crippen LogP contribution in [0.5, 0.6) is 5.75 Å². The van der Waals surface area contributed by atoms with Crippen LogP contribution in [0.25, 0.3) is 0 Å². The van der Waals surface area contributed by atoms with Crippen molar-refractivity contribution in [3.05, 3.63) is 58.3 Å². The van der Waals surface area contributed by atoms with E-state index in [9.17, 15) is 9.50 Å². The molecule has 0 aromatic heterocycles. The number of hydrogen-bond acceptors (Lipinski definition) is 2. The van der Waals surface area contributed by atoms with Crippen molar-refractivity contribution >= 4 is 27.6 Å². The van der Waals surface area contributed by atoms with Crippen LogP contribution in [0.1, 0.15) is 18.4 Å². The lowest BCUT2D eigenvalue weighted by atomic mass is 10.2. The molecule has 1 aliphatic carbocycles. The minimum Gasteiger partial charge on any atom is -0.508 e. The third kappa shape index (κ3) is 4.69. The molecule has 0 amide bonds. The number of aliphatic imine (C=N–C) groups is 1. The summed E-state index contributed by atoms with van der Waals surface area (Å²) in [6.45, 7) is 0.228. The number of aromatic hydroxyl groups is 1. The zero-order chi connectivity index (χ0) is 16.2. The highest BCUT2D eigenvalue weighted by molar-refractivity contribution is 9.10. The second-order valence-electron chi connectivity index (χ2n) is 5.49. The molecule has 120 valence electrons. The van der Waals surface area contributed by atoms with Gasteiger partial charge < -0.3 is 15.7 Å². The third-order valence-corrected chi connectivity index (χ3v) is 3.94. The first-order chi connectivity index (χ1) is 11.1. The van der Waals surface area contributed by atoms with Crippen LogP contribution in [0, 0.1) is 5.82 Å². The van der Waals surface area contributed by atoms with E-state index in [1.165, 1.54) is 6.07 Å². The zero-order valence-corrected chi connectivity index (χ0v) is 14.0. The normalized spacial score (nSPS) is 14.6. The summed E-state index contributed by atoms with van der Waals surface area (Å²) in [5, 5.41) is 16.0. The van der Waals surface area contributed by atoms with Crippen LogP contribution in [0.3, 0.4) is 0 Å². The molecule has 2 aromatic carbocycles. The van der Waals surface area contributed by atoms with Gasteiger partial charge in [0.05, 0.1) is 6.54 Å². The summed E-state index contributed by atoms with van der Waals surface area (Å²) < 4.78 is 14.6. The Kier molecular flexibility index (Phi) is 4.81. The van der Waals surface area contributed by atoms with Crippen LogP contribution < -0.4 is 10.6 Å². The molecule has 0 aliphatic heterocycles. The predicted molar refractivity (Wildman–Crippen MR) is 93.1 cm³/mol. The number of phenolic OH excluding ortho intramolecular Hbond substituents is 1. The summed E-state index contributed by atoms with van der Waals surface area (Å²) in [7, 11) is 0. The van der Waals surface area contributed by atoms with Crippen molar-refractivity contribution in [2.45, 2.75) is 25.4 Å². The molecule has 1 aliphatic rings. The lowest BCUT2D eigenvalue weighted by Crippen LogP contribution is -2.32. The highest BCUT2D eigenvalue weighted by Crippen LogP contribution is 2.21. The fourth-order valence-electron chi connectivity index (χ4n) is 2.09. The average Bonchev–Trinajstić information content (AvgIpc) is 3.32. The number of hydrogen-bond donors (Lipinski definition) is 3. The largest absolute Gasteiger partial charge is 0.508 e. The summed E-state index contributed by atoms with van der Waals surface area (Å²) in [4.78, 5) is 4.45. The maximum absolute atomic E-state index is 13.8. The first-order valence-corrected chi connectivity index (χ1v) is 8.20. The number of halogens is 2. The van der Waals surface area contributed by atoms with Gasteiger partial charge in [-0.15, -0.1) is 0 Å². The molecule has 3 N–H and O–H groups in total. The number of guanidine groups is 1. The summed E-state index contributed by atoms with van der Waals surface area (Å²) >= 11 is 3.34. The topological polar surface area (TPSA) is 56.6 Å². The van der Waals surface area contributed by atoms with Gasteiger partial charge in [-0.25, -0.2) is 9.38 Å². The minimum atomic E-state index is -0.278. The second-order valence-corrected chi connectivity index (χ2v) is 6.41. The average molecular weight is 378 g/mol. The number of anilines is 1. The first-order valence-electron chi connectivity index (χ1n) is 7.41. The number of nitrogens with zero attached hydrogens (tertiary/aromatic N) is 1. The molecule has 0 atom stereocenters. The van der Waals surface area contributed by atoms with Crippen molar-refractivity contribution in [1.82, 2.24) is 5.32 Å². The van der Waals surface area contributed by atoms with Gasteiger partial charge in [0.15, 0.2) is 5.96 Å². The third-order valence-electron chi connectivity index (χ3n) is 3.44. The van der Waals surface area contributed by atoms with E-state index in [0.29, 0.717) is 17.6 Å². The molecule has 0 heterocycles. The molecule has 1 fully saturated rings. The van der Waals surface area contributed by atoms with E-state index in [1.54, 1.807) is 30.3 Å². The van der Waals surface area contributed by atoms with Gasteiger partial charge >= 0.3 is 0 Å². The number of phenols is 1. The predicted octanol–water partition coefficient (Wildman–Crippen LogP) is 4.01. The maximum Gasteiger partial charge on any atom is 0.196 e. The van der Waals surface area contributed by atoms with E-state index in [0.717, 1.165) is 23.0 Å². The maximum atomic E-state index is 13.8. The fraction of sp³-hybridized carbons (Fsp3) is 0.235. The van der Waals surface area contributed by atoms with Crippen LogP contribution in [-0.4, -0.2) is 17.1 Å². The Bertz CT molecular complexity index is 732. The highest BCUT2D eigenvalue weighted by atomic mass is 79.9. The van der Waals surface area contributed by atoms with Gasteiger partial charge in [-0.05, 0) is 43.2 Å². The molecule has 2 aromatic rings. The van der Waals surface area contributed by atoms with E-state index in [1.807, 2.05) is 6.07 Å². The Morgan fingerprint density at radius 1 is 1.26 bits per heavy atom. The van der Waals surface area contributed by atoms with Gasteiger partial charge in [0.1, 0.15) is 11.6 Å². The zero-order valence-electron chi connectivity index (χ0n) is 12.4. The van der Waals surface area contributed by atoms with E-state index >= 15 is 0 Å². The van der Waals surface area contributed by atoms with E-state index in [2.05, 4.69) is 31.6 Å². The first kappa shape index (κ1) is 15.8. The lowest BCUT2D eigenvalue weighted by Gasteiger charge is -2.12. The van der Waals surface area contributed by atoms with Crippen LogP contribution >= 0.6 is 15.9 Å². The minimum absolute atomic E-state index is 0.179. The van der Waals surface area contributed by atoms with E-state index < -0.39 is 0 Å². The monoisotopic (exact) mass is 377 g/mol. The molecule has 23 heavy (non-hydrogen) atoms. The summed E-state index contributed by atoms with van der Waals surface area (Å²) in [6.07, 6.45) is 2.21. The molecule has 1 saturated carbocycles. The van der Waals surface area contributed by atoms with Gasteiger partial charge in [0, 0.05) is 27.8 Å². The Labute approximate surface area is 142 Å². The Morgan fingerprint density at radius 3 is 2.83 bits per heavy atom. The molecular weight excluding hydrogens is 361 g/mol. The van der Waals surface area contributed by atoms with Gasteiger partial charge in [-0.1, -0.05) is 22.0 Å². The van der Waals surface area contributed by atoms with Gasteiger partial charge in [0.2, 0.25) is 0 Å². The van der Waals surface area contributed by atoms with Gasteiger partial charge in [-0.3, -0.25) is 0 Å². The van der Waals surface area contributed by atoms with Crippen molar-refractivity contribution < 1.29 is 9.50 Å². The smallest absolute Gasteiger partial charge is 0.196 e. The molecule has 3 rings (SSSR count). The Morgan fingerprint density at radius 2 is 2.09 bits per heavy atom. The lowest BCUT2D eigenvalue weighted by molar-refractivity contribution is 0.475. The van der Waals surface area contributed by atoms with Crippen LogP contribution in [0.4, 0.5) is 10.1 Å². The Balaban J connectivity index is 1.76. The molecule has 0 unspecified atom stereocenters.